The van der Waals surface area contributed by atoms with E-state index in [0.717, 1.165) is 11.1 Å². The van der Waals surface area contributed by atoms with Crippen molar-refractivity contribution in [2.45, 2.75) is 17.4 Å². The van der Waals surface area contributed by atoms with Gasteiger partial charge in [-0.3, -0.25) is 4.79 Å². The highest BCUT2D eigenvalue weighted by Crippen LogP contribution is 2.62. The standard InChI is InChI=1S/C16H15NO2/c17-16(15(18)19)13(11-7-3-1-4-8-11)14(16)12-9-5-2-6-10-12/h1-10,13-14H,17H2,(H,18,19)/t13-,14-/m0/s1. The van der Waals surface area contributed by atoms with Gasteiger partial charge in [0.05, 0.1) is 0 Å². The smallest absolute Gasteiger partial charge is 0.325 e. The van der Waals surface area contributed by atoms with E-state index in [2.05, 4.69) is 0 Å². The second kappa shape index (κ2) is 4.21. The van der Waals surface area contributed by atoms with E-state index in [1.807, 2.05) is 60.7 Å². The van der Waals surface area contributed by atoms with Gasteiger partial charge in [-0.1, -0.05) is 60.7 Å². The monoisotopic (exact) mass is 253 g/mol. The average molecular weight is 253 g/mol. The number of aliphatic carboxylic acids is 1. The lowest BCUT2D eigenvalue weighted by atomic mass is 10.0. The third kappa shape index (κ3) is 1.74. The first-order valence-electron chi connectivity index (χ1n) is 6.28. The van der Waals surface area contributed by atoms with Crippen LogP contribution >= 0.6 is 0 Å². The third-order valence-electron chi connectivity index (χ3n) is 3.94. The molecule has 1 aliphatic rings. The van der Waals surface area contributed by atoms with Crippen LogP contribution in [-0.2, 0) is 4.79 Å². The van der Waals surface area contributed by atoms with E-state index in [1.165, 1.54) is 0 Å². The van der Waals surface area contributed by atoms with Crippen LogP contribution in [0, 0.1) is 0 Å². The van der Waals surface area contributed by atoms with Gasteiger partial charge in [-0.05, 0) is 11.1 Å². The Balaban J connectivity index is 2.03. The van der Waals surface area contributed by atoms with Crippen molar-refractivity contribution >= 4 is 5.97 Å². The van der Waals surface area contributed by atoms with Crippen molar-refractivity contribution in [3.63, 3.8) is 0 Å². The summed E-state index contributed by atoms with van der Waals surface area (Å²) in [6.45, 7) is 0. The topological polar surface area (TPSA) is 63.3 Å². The summed E-state index contributed by atoms with van der Waals surface area (Å²) in [6.07, 6.45) is 0. The summed E-state index contributed by atoms with van der Waals surface area (Å²) in [4.78, 5) is 11.5. The van der Waals surface area contributed by atoms with E-state index in [-0.39, 0.29) is 11.8 Å². The Morgan fingerprint density at radius 1 is 0.895 bits per heavy atom. The van der Waals surface area contributed by atoms with Crippen LogP contribution in [0.5, 0.6) is 0 Å². The lowest BCUT2D eigenvalue weighted by molar-refractivity contribution is -0.139. The first-order chi connectivity index (χ1) is 9.15. The summed E-state index contributed by atoms with van der Waals surface area (Å²) in [5, 5.41) is 9.45. The first-order valence-corrected chi connectivity index (χ1v) is 6.28. The highest BCUT2D eigenvalue weighted by atomic mass is 16.4. The molecule has 96 valence electrons. The normalized spacial score (nSPS) is 28.9. The van der Waals surface area contributed by atoms with Crippen LogP contribution < -0.4 is 5.73 Å². The van der Waals surface area contributed by atoms with Crippen molar-refractivity contribution in [2.24, 2.45) is 5.73 Å². The molecular formula is C16H15NO2. The van der Waals surface area contributed by atoms with Gasteiger partial charge in [-0.25, -0.2) is 0 Å². The molecule has 1 saturated carbocycles. The molecule has 3 N–H and O–H groups in total. The number of carboxylic acids is 1. The summed E-state index contributed by atoms with van der Waals surface area (Å²) < 4.78 is 0. The molecule has 3 rings (SSSR count). The van der Waals surface area contributed by atoms with Crippen LogP contribution in [0.1, 0.15) is 23.0 Å². The average Bonchev–Trinajstić information content (AvgIpc) is 3.09. The van der Waals surface area contributed by atoms with Gasteiger partial charge < -0.3 is 10.8 Å². The van der Waals surface area contributed by atoms with E-state index < -0.39 is 11.5 Å². The zero-order valence-corrected chi connectivity index (χ0v) is 10.4. The molecule has 0 aromatic heterocycles. The van der Waals surface area contributed by atoms with Crippen molar-refractivity contribution in [1.82, 2.24) is 0 Å². The SMILES string of the molecule is NC1(C(=O)O)[C@@H](c2ccccc2)[C@@H]1c1ccccc1. The van der Waals surface area contributed by atoms with Gasteiger partial charge >= 0.3 is 5.97 Å². The number of carbonyl (C=O) groups is 1. The Kier molecular flexibility index (Phi) is 2.64. The van der Waals surface area contributed by atoms with Crippen molar-refractivity contribution in [1.29, 1.82) is 0 Å². The Hall–Kier alpha value is -2.13. The summed E-state index contributed by atoms with van der Waals surface area (Å²) in [5.74, 6) is -1.25. The maximum Gasteiger partial charge on any atom is 0.325 e. The van der Waals surface area contributed by atoms with Crippen LogP contribution in [0.4, 0.5) is 0 Å². The van der Waals surface area contributed by atoms with Crippen LogP contribution in [0.3, 0.4) is 0 Å². The first kappa shape index (κ1) is 11.9. The minimum absolute atomic E-state index is 0.159. The largest absolute Gasteiger partial charge is 0.480 e. The molecule has 0 unspecified atom stereocenters. The van der Waals surface area contributed by atoms with Crippen LogP contribution in [0.25, 0.3) is 0 Å². The molecule has 1 fully saturated rings. The van der Waals surface area contributed by atoms with Crippen LogP contribution in [0.2, 0.25) is 0 Å². The summed E-state index contributed by atoms with van der Waals surface area (Å²) in [5.41, 5.74) is 6.93. The predicted molar refractivity (Wildman–Crippen MR) is 72.9 cm³/mol. The van der Waals surface area contributed by atoms with Gasteiger partial charge in [0.1, 0.15) is 5.54 Å². The van der Waals surface area contributed by atoms with Crippen LogP contribution in [-0.4, -0.2) is 16.6 Å². The number of nitrogens with two attached hydrogens (primary N) is 1. The van der Waals surface area contributed by atoms with Crippen molar-refractivity contribution in [3.05, 3.63) is 71.8 Å². The van der Waals surface area contributed by atoms with Gasteiger partial charge in [-0.15, -0.1) is 0 Å². The summed E-state index contributed by atoms with van der Waals surface area (Å²) in [7, 11) is 0. The minimum atomic E-state index is -1.19. The number of benzene rings is 2. The molecule has 1 aliphatic carbocycles. The second-order valence-corrected chi connectivity index (χ2v) is 5.01. The van der Waals surface area contributed by atoms with E-state index in [0.29, 0.717) is 0 Å². The van der Waals surface area contributed by atoms with Gasteiger partial charge in [0.15, 0.2) is 0 Å². The van der Waals surface area contributed by atoms with E-state index in [9.17, 15) is 9.90 Å². The fraction of sp³-hybridized carbons (Fsp3) is 0.188. The van der Waals surface area contributed by atoms with Gasteiger partial charge in [-0.2, -0.15) is 0 Å². The van der Waals surface area contributed by atoms with E-state index in [4.69, 9.17) is 5.73 Å². The van der Waals surface area contributed by atoms with Crippen molar-refractivity contribution in [3.8, 4) is 0 Å². The Labute approximate surface area is 111 Å². The van der Waals surface area contributed by atoms with Crippen molar-refractivity contribution in [2.75, 3.05) is 0 Å². The zero-order chi connectivity index (χ0) is 13.5. The summed E-state index contributed by atoms with van der Waals surface area (Å²) in [6, 6.07) is 19.3. The lowest BCUT2D eigenvalue weighted by Gasteiger charge is -2.05. The minimum Gasteiger partial charge on any atom is -0.480 e. The molecule has 0 radical (unpaired) electrons. The quantitative estimate of drug-likeness (QED) is 0.882. The number of carboxylic acid groups (broad SMARTS) is 1. The molecule has 0 saturated heterocycles. The molecule has 0 amide bonds. The molecule has 3 nitrogen and oxygen atoms in total. The molecule has 2 aromatic carbocycles. The van der Waals surface area contributed by atoms with Gasteiger partial charge in [0.2, 0.25) is 0 Å². The summed E-state index contributed by atoms with van der Waals surface area (Å²) >= 11 is 0. The number of hydrogen-bond donors (Lipinski definition) is 2. The highest BCUT2D eigenvalue weighted by molar-refractivity contribution is 5.88. The molecule has 2 aromatic rings. The molecule has 0 bridgehead atoms. The fourth-order valence-electron chi connectivity index (χ4n) is 2.93. The number of hydrogen-bond acceptors (Lipinski definition) is 2. The highest BCUT2D eigenvalue weighted by Gasteiger charge is 2.68. The molecular weight excluding hydrogens is 238 g/mol. The van der Waals surface area contributed by atoms with Gasteiger partial charge in [0.25, 0.3) is 0 Å². The molecule has 2 atom stereocenters. The lowest BCUT2D eigenvalue weighted by Crippen LogP contribution is -2.36. The Morgan fingerprint density at radius 2 is 1.26 bits per heavy atom. The fourth-order valence-corrected chi connectivity index (χ4v) is 2.93. The Bertz CT molecular complexity index is 549. The molecule has 19 heavy (non-hydrogen) atoms. The van der Waals surface area contributed by atoms with E-state index >= 15 is 0 Å². The molecule has 0 heterocycles. The zero-order valence-electron chi connectivity index (χ0n) is 10.4. The molecule has 0 spiro atoms. The number of rotatable bonds is 3. The Morgan fingerprint density at radius 3 is 1.58 bits per heavy atom. The predicted octanol–water partition coefficient (Wildman–Crippen LogP) is 2.35. The van der Waals surface area contributed by atoms with Crippen LogP contribution in [0.15, 0.2) is 60.7 Å². The molecule has 0 aliphatic heterocycles. The van der Waals surface area contributed by atoms with Crippen molar-refractivity contribution < 1.29 is 9.90 Å². The molecule has 3 heteroatoms. The maximum absolute atomic E-state index is 11.5. The van der Waals surface area contributed by atoms with E-state index in [1.54, 1.807) is 0 Å². The second-order valence-electron chi connectivity index (χ2n) is 5.01. The van der Waals surface area contributed by atoms with Gasteiger partial charge in [0, 0.05) is 11.8 Å². The maximum atomic E-state index is 11.5. The third-order valence-corrected chi connectivity index (χ3v) is 3.94.